The summed E-state index contributed by atoms with van der Waals surface area (Å²) in [5, 5.41) is 0. The largest absolute Gasteiger partial charge is 0.335 e. The summed E-state index contributed by atoms with van der Waals surface area (Å²) >= 11 is 0. The number of nitrogens with one attached hydrogen (secondary N) is 1. The fourth-order valence-electron chi connectivity index (χ4n) is 2.92. The molecule has 1 aliphatic heterocycles. The third kappa shape index (κ3) is 1.57. The maximum atomic E-state index is 12.2. The summed E-state index contributed by atoms with van der Waals surface area (Å²) in [6.45, 7) is 2.50. The average molecular weight is 233 g/mol. The van der Waals surface area contributed by atoms with Gasteiger partial charge in [-0.15, -0.1) is 0 Å². The van der Waals surface area contributed by atoms with Gasteiger partial charge < -0.3 is 9.88 Å². The molecule has 1 saturated carbocycles. The quantitative estimate of drug-likeness (QED) is 0.776. The normalized spacial score (nSPS) is 26.5. The summed E-state index contributed by atoms with van der Waals surface area (Å²) in [4.78, 5) is 32.2. The molecule has 1 aromatic rings. The Balaban J connectivity index is 1.85. The van der Waals surface area contributed by atoms with Gasteiger partial charge in [-0.3, -0.25) is 9.59 Å². The Kier molecular flexibility index (Phi) is 2.28. The van der Waals surface area contributed by atoms with Crippen LogP contribution in [0.25, 0.3) is 0 Å². The molecule has 2 fully saturated rings. The third-order valence-corrected chi connectivity index (χ3v) is 3.87. The van der Waals surface area contributed by atoms with Crippen LogP contribution in [0, 0.1) is 12.8 Å². The Labute approximate surface area is 98.9 Å². The summed E-state index contributed by atoms with van der Waals surface area (Å²) in [6, 6.07) is 0.364. The maximum Gasteiger partial charge on any atom is 0.263 e. The Hall–Kier alpha value is -1.65. The van der Waals surface area contributed by atoms with Gasteiger partial charge in [0.05, 0.1) is 0 Å². The minimum atomic E-state index is -0.330. The van der Waals surface area contributed by atoms with Crippen molar-refractivity contribution < 1.29 is 4.79 Å². The van der Waals surface area contributed by atoms with Crippen molar-refractivity contribution in [3.8, 4) is 0 Å². The van der Waals surface area contributed by atoms with E-state index < -0.39 is 0 Å². The summed E-state index contributed by atoms with van der Waals surface area (Å²) in [5.74, 6) is 1.03. The number of carbonyl (C=O) groups excluding carboxylic acids is 1. The second-order valence-corrected chi connectivity index (χ2v) is 4.93. The Morgan fingerprint density at radius 1 is 1.53 bits per heavy atom. The highest BCUT2D eigenvalue weighted by Crippen LogP contribution is 2.39. The van der Waals surface area contributed by atoms with Crippen molar-refractivity contribution in [3.05, 3.63) is 27.9 Å². The van der Waals surface area contributed by atoms with Gasteiger partial charge in [0.2, 0.25) is 0 Å². The molecule has 90 valence electrons. The molecule has 2 heterocycles. The van der Waals surface area contributed by atoms with E-state index in [1.165, 1.54) is 19.0 Å². The van der Waals surface area contributed by atoms with Crippen LogP contribution in [0.4, 0.5) is 0 Å². The molecule has 1 saturated heterocycles. The summed E-state index contributed by atoms with van der Waals surface area (Å²) < 4.78 is 0. The molecule has 1 amide bonds. The van der Waals surface area contributed by atoms with Crippen LogP contribution >= 0.6 is 0 Å². The average Bonchev–Trinajstić information content (AvgIpc) is 2.60. The highest BCUT2D eigenvalue weighted by Gasteiger charge is 2.45. The van der Waals surface area contributed by atoms with Crippen molar-refractivity contribution in [2.24, 2.45) is 5.92 Å². The fourth-order valence-corrected chi connectivity index (χ4v) is 2.92. The second kappa shape index (κ2) is 3.68. The minimum Gasteiger partial charge on any atom is -0.335 e. The number of likely N-dealkylation sites (tertiary alicyclic amines) is 1. The molecule has 1 N–H and O–H groups in total. The lowest BCUT2D eigenvalue weighted by Crippen LogP contribution is -2.56. The lowest BCUT2D eigenvalue weighted by atomic mass is 9.91. The van der Waals surface area contributed by atoms with E-state index in [1.807, 2.05) is 4.90 Å². The number of nitrogens with zero attached hydrogens (tertiary/aromatic N) is 2. The standard InChI is InChI=1S/C12H15N3O2/c1-7-13-5-9(11(16)14-7)12(17)15-6-8-3-2-4-10(8)15/h5,8,10H,2-4,6H2,1H3,(H,13,14,16)/t8-,10-/m0/s1. The van der Waals surface area contributed by atoms with Crippen molar-refractivity contribution in [3.63, 3.8) is 0 Å². The van der Waals surface area contributed by atoms with E-state index >= 15 is 0 Å². The van der Waals surface area contributed by atoms with Crippen molar-refractivity contribution >= 4 is 5.91 Å². The number of hydrogen-bond donors (Lipinski definition) is 1. The zero-order valence-corrected chi connectivity index (χ0v) is 9.77. The molecule has 2 aliphatic rings. The van der Waals surface area contributed by atoms with Crippen LogP contribution in [-0.2, 0) is 0 Å². The number of fused-ring (bicyclic) bond motifs is 1. The van der Waals surface area contributed by atoms with Crippen molar-refractivity contribution in [1.29, 1.82) is 0 Å². The van der Waals surface area contributed by atoms with Crippen LogP contribution in [0.5, 0.6) is 0 Å². The van der Waals surface area contributed by atoms with Crippen LogP contribution in [0.1, 0.15) is 35.4 Å². The number of aryl methyl sites for hydroxylation is 1. The first-order chi connectivity index (χ1) is 8.16. The second-order valence-electron chi connectivity index (χ2n) is 4.93. The molecule has 3 rings (SSSR count). The van der Waals surface area contributed by atoms with Crippen molar-refractivity contribution in [2.45, 2.75) is 32.2 Å². The van der Waals surface area contributed by atoms with E-state index in [1.54, 1.807) is 6.92 Å². The first kappa shape index (κ1) is 10.5. The summed E-state index contributed by atoms with van der Waals surface area (Å²) in [7, 11) is 0. The molecule has 0 aromatic carbocycles. The molecule has 0 unspecified atom stereocenters. The highest BCUT2D eigenvalue weighted by atomic mass is 16.2. The Morgan fingerprint density at radius 3 is 3.06 bits per heavy atom. The van der Waals surface area contributed by atoms with Crippen molar-refractivity contribution in [2.75, 3.05) is 6.54 Å². The molecule has 17 heavy (non-hydrogen) atoms. The first-order valence-corrected chi connectivity index (χ1v) is 6.03. The van der Waals surface area contributed by atoms with Crippen molar-refractivity contribution in [1.82, 2.24) is 14.9 Å². The zero-order valence-electron chi connectivity index (χ0n) is 9.77. The smallest absolute Gasteiger partial charge is 0.263 e. The minimum absolute atomic E-state index is 0.165. The van der Waals surface area contributed by atoms with E-state index in [-0.39, 0.29) is 17.0 Å². The van der Waals surface area contributed by atoms with E-state index in [0.29, 0.717) is 17.8 Å². The third-order valence-electron chi connectivity index (χ3n) is 3.87. The molecule has 5 heteroatoms. The molecule has 0 radical (unpaired) electrons. The predicted molar refractivity (Wildman–Crippen MR) is 61.8 cm³/mol. The van der Waals surface area contributed by atoms with E-state index in [4.69, 9.17) is 0 Å². The number of H-pyrrole nitrogens is 1. The number of aromatic amines is 1. The van der Waals surface area contributed by atoms with Gasteiger partial charge in [-0.1, -0.05) is 6.42 Å². The fraction of sp³-hybridized carbons (Fsp3) is 0.583. The Bertz CT molecular complexity index is 523. The van der Waals surface area contributed by atoms with Gasteiger partial charge >= 0.3 is 0 Å². The van der Waals surface area contributed by atoms with Gasteiger partial charge in [0.25, 0.3) is 11.5 Å². The molecule has 0 spiro atoms. The molecule has 2 atom stereocenters. The van der Waals surface area contributed by atoms with E-state index in [9.17, 15) is 9.59 Å². The number of hydrogen-bond acceptors (Lipinski definition) is 3. The predicted octanol–water partition coefficient (Wildman–Crippen LogP) is 0.703. The molecular formula is C12H15N3O2. The highest BCUT2D eigenvalue weighted by molar-refractivity contribution is 5.94. The molecule has 5 nitrogen and oxygen atoms in total. The lowest BCUT2D eigenvalue weighted by molar-refractivity contribution is 0.0267. The van der Waals surface area contributed by atoms with Gasteiger partial charge in [0, 0.05) is 18.8 Å². The Morgan fingerprint density at radius 2 is 2.35 bits per heavy atom. The monoisotopic (exact) mass is 233 g/mol. The van der Waals surface area contributed by atoms with E-state index in [0.717, 1.165) is 13.0 Å². The molecule has 1 aromatic heterocycles. The molecule has 1 aliphatic carbocycles. The summed E-state index contributed by atoms with van der Waals surface area (Å²) in [5.41, 5.74) is -0.162. The zero-order chi connectivity index (χ0) is 12.0. The van der Waals surface area contributed by atoms with E-state index in [2.05, 4.69) is 9.97 Å². The van der Waals surface area contributed by atoms with Crippen LogP contribution in [-0.4, -0.2) is 33.4 Å². The number of amides is 1. The van der Waals surface area contributed by atoms with Gasteiger partial charge in [-0.25, -0.2) is 4.98 Å². The topological polar surface area (TPSA) is 66.1 Å². The first-order valence-electron chi connectivity index (χ1n) is 6.03. The lowest BCUT2D eigenvalue weighted by Gasteiger charge is -2.44. The number of rotatable bonds is 1. The molecule has 0 bridgehead atoms. The van der Waals surface area contributed by atoms with Gasteiger partial charge in [-0.05, 0) is 25.7 Å². The number of aromatic nitrogens is 2. The van der Waals surface area contributed by atoms with Gasteiger partial charge in [-0.2, -0.15) is 0 Å². The summed E-state index contributed by atoms with van der Waals surface area (Å²) in [6.07, 6.45) is 4.88. The maximum absolute atomic E-state index is 12.2. The molecular weight excluding hydrogens is 218 g/mol. The van der Waals surface area contributed by atoms with Crippen LogP contribution in [0.3, 0.4) is 0 Å². The van der Waals surface area contributed by atoms with Gasteiger partial charge in [0.1, 0.15) is 11.4 Å². The number of carbonyl (C=O) groups is 1. The van der Waals surface area contributed by atoms with Crippen LogP contribution < -0.4 is 5.56 Å². The SMILES string of the molecule is Cc1ncc(C(=O)N2C[C@@H]3CCC[C@@H]32)c(=O)[nH]1. The van der Waals surface area contributed by atoms with Crippen LogP contribution in [0.2, 0.25) is 0 Å². The van der Waals surface area contributed by atoms with Gasteiger partial charge in [0.15, 0.2) is 0 Å². The van der Waals surface area contributed by atoms with Crippen LogP contribution in [0.15, 0.2) is 11.0 Å².